The number of carboxylic acid groups (broad SMARTS) is 1. The predicted octanol–water partition coefficient (Wildman–Crippen LogP) is -3.52. The molecule has 0 spiro atoms. The first-order valence-corrected chi connectivity index (χ1v) is 12.1. The summed E-state index contributed by atoms with van der Waals surface area (Å²) < 4.78 is 0. The number of carboxylic acids is 1. The Balaban J connectivity index is 2.98. The van der Waals surface area contributed by atoms with E-state index in [4.69, 9.17) is 22.9 Å². The number of nitrogens with two attached hydrogens (primary N) is 4. The van der Waals surface area contributed by atoms with Crippen LogP contribution in [0.2, 0.25) is 0 Å². The monoisotopic (exact) mass is 539 g/mol. The van der Waals surface area contributed by atoms with Crippen molar-refractivity contribution in [2.24, 2.45) is 22.9 Å². The maximum absolute atomic E-state index is 13.1. The van der Waals surface area contributed by atoms with E-state index in [1.165, 1.54) is 12.5 Å². The molecular formula is C22H37N9O7. The van der Waals surface area contributed by atoms with E-state index in [0.717, 1.165) is 0 Å². The molecular weight excluding hydrogens is 502 g/mol. The van der Waals surface area contributed by atoms with Crippen LogP contribution in [0.1, 0.15) is 50.6 Å². The molecule has 16 nitrogen and oxygen atoms in total. The van der Waals surface area contributed by atoms with Gasteiger partial charge in [0.1, 0.15) is 18.1 Å². The SMILES string of the molecule is NCCCCC(NC(=O)C(CCC(N)=O)NC(=O)C(N)Cc1cnc[nH]1)C(=O)NC(CCC(N)=O)C(=O)O. The van der Waals surface area contributed by atoms with E-state index in [1.807, 2.05) is 0 Å². The van der Waals surface area contributed by atoms with Crippen LogP contribution < -0.4 is 38.9 Å². The van der Waals surface area contributed by atoms with Gasteiger partial charge < -0.3 is 49.0 Å². The zero-order valence-corrected chi connectivity index (χ0v) is 21.0. The zero-order valence-electron chi connectivity index (χ0n) is 21.0. The van der Waals surface area contributed by atoms with Gasteiger partial charge >= 0.3 is 5.97 Å². The van der Waals surface area contributed by atoms with Crippen LogP contribution in [0.4, 0.5) is 0 Å². The van der Waals surface area contributed by atoms with Crippen LogP contribution in [-0.4, -0.2) is 81.3 Å². The second kappa shape index (κ2) is 16.6. The number of primary amides is 2. The summed E-state index contributed by atoms with van der Waals surface area (Å²) in [6, 6.07) is -4.94. The number of nitrogens with one attached hydrogen (secondary N) is 4. The molecule has 1 rings (SSSR count). The Morgan fingerprint density at radius 3 is 1.87 bits per heavy atom. The van der Waals surface area contributed by atoms with Gasteiger partial charge in [0, 0.05) is 31.2 Å². The van der Waals surface area contributed by atoms with Crippen LogP contribution in [0.15, 0.2) is 12.5 Å². The third-order valence-electron chi connectivity index (χ3n) is 5.52. The van der Waals surface area contributed by atoms with Gasteiger partial charge in [0.15, 0.2) is 0 Å². The summed E-state index contributed by atoms with van der Waals surface area (Å²) in [4.78, 5) is 79.2. The fourth-order valence-corrected chi connectivity index (χ4v) is 3.41. The fourth-order valence-electron chi connectivity index (χ4n) is 3.41. The zero-order chi connectivity index (χ0) is 28.7. The summed E-state index contributed by atoms with van der Waals surface area (Å²) in [6.45, 7) is 0.324. The van der Waals surface area contributed by atoms with E-state index in [1.54, 1.807) is 0 Å². The third-order valence-corrected chi connectivity index (χ3v) is 5.52. The van der Waals surface area contributed by atoms with Crippen LogP contribution in [0.5, 0.6) is 0 Å². The molecule has 5 amide bonds. The van der Waals surface area contributed by atoms with Gasteiger partial charge in [-0.1, -0.05) is 0 Å². The van der Waals surface area contributed by atoms with Crippen molar-refractivity contribution in [3.8, 4) is 0 Å². The maximum atomic E-state index is 13.1. The number of carbonyl (C=O) groups is 6. The van der Waals surface area contributed by atoms with Crippen LogP contribution >= 0.6 is 0 Å². The molecule has 0 bridgehead atoms. The van der Waals surface area contributed by atoms with E-state index in [-0.39, 0.29) is 38.5 Å². The lowest BCUT2D eigenvalue weighted by Crippen LogP contribution is -2.57. The molecule has 0 saturated carbocycles. The van der Waals surface area contributed by atoms with E-state index >= 15 is 0 Å². The average Bonchev–Trinajstić information content (AvgIpc) is 3.35. The summed E-state index contributed by atoms with van der Waals surface area (Å²) in [6.07, 6.45) is 3.12. The molecule has 0 aliphatic heterocycles. The minimum absolute atomic E-state index is 0.0992. The Kier molecular flexibility index (Phi) is 14.0. The molecule has 1 aromatic rings. The van der Waals surface area contributed by atoms with Crippen LogP contribution in [0.25, 0.3) is 0 Å². The molecule has 1 heterocycles. The molecule has 0 radical (unpaired) electrons. The molecule has 212 valence electrons. The average molecular weight is 540 g/mol. The van der Waals surface area contributed by atoms with Gasteiger partial charge in [-0.25, -0.2) is 9.78 Å². The molecule has 16 heteroatoms. The Hall–Kier alpha value is -4.05. The third kappa shape index (κ3) is 12.3. The highest BCUT2D eigenvalue weighted by Crippen LogP contribution is 2.07. The highest BCUT2D eigenvalue weighted by molar-refractivity contribution is 5.94. The molecule has 0 saturated heterocycles. The van der Waals surface area contributed by atoms with Crippen molar-refractivity contribution in [1.29, 1.82) is 0 Å². The number of aromatic amines is 1. The van der Waals surface area contributed by atoms with Crippen molar-refractivity contribution in [3.05, 3.63) is 18.2 Å². The smallest absolute Gasteiger partial charge is 0.326 e. The summed E-state index contributed by atoms with van der Waals surface area (Å²) >= 11 is 0. The topological polar surface area (TPSA) is 292 Å². The first-order chi connectivity index (χ1) is 17.9. The first-order valence-electron chi connectivity index (χ1n) is 12.1. The largest absolute Gasteiger partial charge is 0.480 e. The number of H-pyrrole nitrogens is 1. The molecule has 0 aromatic carbocycles. The Morgan fingerprint density at radius 2 is 1.37 bits per heavy atom. The van der Waals surface area contributed by atoms with E-state index < -0.39 is 59.7 Å². The van der Waals surface area contributed by atoms with Gasteiger partial charge in [0.2, 0.25) is 29.5 Å². The van der Waals surface area contributed by atoms with Gasteiger partial charge in [0.25, 0.3) is 0 Å². The Bertz CT molecular complexity index is 955. The highest BCUT2D eigenvalue weighted by atomic mass is 16.4. The molecule has 1 aromatic heterocycles. The maximum Gasteiger partial charge on any atom is 0.326 e. The van der Waals surface area contributed by atoms with Crippen molar-refractivity contribution < 1.29 is 33.9 Å². The second-order valence-corrected chi connectivity index (χ2v) is 8.70. The summed E-state index contributed by atoms with van der Waals surface area (Å²) in [5.74, 6) is -5.14. The Morgan fingerprint density at radius 1 is 0.842 bits per heavy atom. The van der Waals surface area contributed by atoms with E-state index in [0.29, 0.717) is 25.1 Å². The minimum atomic E-state index is -1.42. The number of imidazole rings is 1. The van der Waals surface area contributed by atoms with Gasteiger partial charge in [-0.15, -0.1) is 0 Å². The number of rotatable bonds is 19. The summed E-state index contributed by atoms with van der Waals surface area (Å²) in [5.41, 5.74) is 22.3. The van der Waals surface area contributed by atoms with Gasteiger partial charge in [-0.05, 0) is 38.6 Å². The van der Waals surface area contributed by atoms with Gasteiger partial charge in [0.05, 0.1) is 12.4 Å². The number of aliphatic carboxylic acids is 1. The number of aromatic nitrogens is 2. The van der Waals surface area contributed by atoms with Crippen molar-refractivity contribution in [3.63, 3.8) is 0 Å². The normalized spacial score (nSPS) is 13.9. The molecule has 4 unspecified atom stereocenters. The lowest BCUT2D eigenvalue weighted by Gasteiger charge is -2.25. The van der Waals surface area contributed by atoms with Crippen molar-refractivity contribution in [1.82, 2.24) is 25.9 Å². The molecule has 13 N–H and O–H groups in total. The summed E-state index contributed by atoms with van der Waals surface area (Å²) in [7, 11) is 0. The quantitative estimate of drug-likeness (QED) is 0.0780. The molecule has 0 aliphatic rings. The van der Waals surface area contributed by atoms with Crippen molar-refractivity contribution in [2.45, 2.75) is 75.5 Å². The number of hydrogen-bond acceptors (Lipinski definition) is 9. The molecule has 0 aliphatic carbocycles. The Labute approximate surface area is 219 Å². The van der Waals surface area contributed by atoms with Gasteiger partial charge in [-0.3, -0.25) is 24.0 Å². The minimum Gasteiger partial charge on any atom is -0.480 e. The number of nitrogens with zero attached hydrogens (tertiary/aromatic N) is 1. The van der Waals surface area contributed by atoms with Crippen LogP contribution in [0.3, 0.4) is 0 Å². The van der Waals surface area contributed by atoms with Crippen LogP contribution in [-0.2, 0) is 35.2 Å². The molecule has 38 heavy (non-hydrogen) atoms. The molecule has 0 fully saturated rings. The number of amides is 5. The van der Waals surface area contributed by atoms with Crippen LogP contribution in [0, 0.1) is 0 Å². The number of unbranched alkanes of at least 4 members (excludes halogenated alkanes) is 1. The standard InChI is InChI=1S/C22H37N9O7/c23-8-2-1-3-14(20(35)31-16(22(37)38)5-7-18(26)33)30-21(36)15(4-6-17(25)32)29-19(34)13(24)9-12-10-27-11-28-12/h10-11,13-16H,1-9,23-24H2,(H2,25,32)(H2,26,33)(H,27,28)(H,29,34)(H,30,36)(H,31,35)(H,37,38). The van der Waals surface area contributed by atoms with Crippen molar-refractivity contribution >= 4 is 35.5 Å². The molecule has 4 atom stereocenters. The predicted molar refractivity (Wildman–Crippen MR) is 133 cm³/mol. The first kappa shape index (κ1) is 32.0. The second-order valence-electron chi connectivity index (χ2n) is 8.70. The fraction of sp³-hybridized carbons (Fsp3) is 0.591. The number of carbonyl (C=O) groups excluding carboxylic acids is 5. The highest BCUT2D eigenvalue weighted by Gasteiger charge is 2.30. The number of hydrogen-bond donors (Lipinski definition) is 9. The van der Waals surface area contributed by atoms with E-state index in [2.05, 4.69) is 25.9 Å². The van der Waals surface area contributed by atoms with E-state index in [9.17, 15) is 33.9 Å². The van der Waals surface area contributed by atoms with Crippen molar-refractivity contribution in [2.75, 3.05) is 6.54 Å². The summed E-state index contributed by atoms with van der Waals surface area (Å²) in [5, 5.41) is 16.7. The lowest BCUT2D eigenvalue weighted by molar-refractivity contribution is -0.142. The lowest BCUT2D eigenvalue weighted by atomic mass is 10.0. The van der Waals surface area contributed by atoms with Gasteiger partial charge in [-0.2, -0.15) is 0 Å².